The predicted molar refractivity (Wildman–Crippen MR) is 84.8 cm³/mol. The molecule has 108 valence electrons. The van der Waals surface area contributed by atoms with Crippen molar-refractivity contribution in [3.8, 4) is 11.5 Å². The maximum absolute atomic E-state index is 9.96. The van der Waals surface area contributed by atoms with Crippen LogP contribution < -0.4 is 4.74 Å². The number of ether oxygens (including phenoxy) is 2. The summed E-state index contributed by atoms with van der Waals surface area (Å²) < 4.78 is 11.1. The van der Waals surface area contributed by atoms with Gasteiger partial charge in [-0.1, -0.05) is 11.6 Å². The van der Waals surface area contributed by atoms with E-state index >= 15 is 0 Å². The molecule has 2 aromatic rings. The van der Waals surface area contributed by atoms with E-state index in [0.717, 1.165) is 17.0 Å². The molecule has 0 atom stereocenters. The van der Waals surface area contributed by atoms with Gasteiger partial charge < -0.3 is 14.6 Å². The van der Waals surface area contributed by atoms with Crippen LogP contribution in [0.1, 0.15) is 11.1 Å². The summed E-state index contributed by atoms with van der Waals surface area (Å²) in [6.07, 6.45) is 1.57. The third-order valence-electron chi connectivity index (χ3n) is 3.01. The second-order valence-corrected chi connectivity index (χ2v) is 5.78. The Labute approximate surface area is 135 Å². The molecule has 0 aliphatic carbocycles. The van der Waals surface area contributed by atoms with Gasteiger partial charge in [0.1, 0.15) is 11.5 Å². The Kier molecular flexibility index (Phi) is 4.14. The fourth-order valence-electron chi connectivity index (χ4n) is 1.98. The average molecular weight is 369 g/mol. The highest BCUT2D eigenvalue weighted by Crippen LogP contribution is 2.31. The van der Waals surface area contributed by atoms with E-state index in [2.05, 4.69) is 20.9 Å². The van der Waals surface area contributed by atoms with Crippen LogP contribution in [0.15, 0.2) is 39.8 Å². The number of benzene rings is 2. The Morgan fingerprint density at radius 1 is 1.29 bits per heavy atom. The molecule has 2 aromatic carbocycles. The van der Waals surface area contributed by atoms with Gasteiger partial charge in [0.05, 0.1) is 16.8 Å². The zero-order valence-corrected chi connectivity index (χ0v) is 13.2. The minimum absolute atomic E-state index is 0.104. The van der Waals surface area contributed by atoms with E-state index in [4.69, 9.17) is 21.1 Å². The molecule has 1 aliphatic rings. The molecule has 21 heavy (non-hydrogen) atoms. The lowest BCUT2D eigenvalue weighted by Crippen LogP contribution is -2.10. The number of phenols is 1. The number of phenolic OH excluding ortho intramolecular Hbond substituents is 1. The molecule has 4 nitrogen and oxygen atoms in total. The van der Waals surface area contributed by atoms with Crippen LogP contribution >= 0.6 is 27.5 Å². The van der Waals surface area contributed by atoms with Crippen LogP contribution in [0.25, 0.3) is 0 Å². The van der Waals surface area contributed by atoms with Crippen molar-refractivity contribution in [2.24, 2.45) is 4.99 Å². The quantitative estimate of drug-likeness (QED) is 0.798. The summed E-state index contributed by atoms with van der Waals surface area (Å²) in [5, 5.41) is 10.5. The van der Waals surface area contributed by atoms with Gasteiger partial charge in [-0.25, -0.2) is 0 Å². The van der Waals surface area contributed by atoms with Gasteiger partial charge in [0, 0.05) is 22.4 Å². The van der Waals surface area contributed by atoms with Crippen molar-refractivity contribution in [1.82, 2.24) is 0 Å². The molecule has 0 aromatic heterocycles. The summed E-state index contributed by atoms with van der Waals surface area (Å²) in [6.45, 7) is 0.784. The van der Waals surface area contributed by atoms with E-state index in [1.54, 1.807) is 18.3 Å². The SMILES string of the molecule is Oc1c(Br)cc(Cl)cc1C=Nc1ccc2c(c1)COCO2. The number of rotatable bonds is 2. The van der Waals surface area contributed by atoms with Gasteiger partial charge in [-0.15, -0.1) is 0 Å². The van der Waals surface area contributed by atoms with Crippen LogP contribution in [0.4, 0.5) is 5.69 Å². The van der Waals surface area contributed by atoms with Crippen LogP contribution in [-0.4, -0.2) is 18.1 Å². The molecular formula is C15H11BrClNO3. The van der Waals surface area contributed by atoms with Gasteiger partial charge >= 0.3 is 0 Å². The zero-order chi connectivity index (χ0) is 14.8. The Morgan fingerprint density at radius 2 is 2.14 bits per heavy atom. The predicted octanol–water partition coefficient (Wildman–Crippen LogP) is 4.43. The number of nitrogens with zero attached hydrogens (tertiary/aromatic N) is 1. The highest BCUT2D eigenvalue weighted by Gasteiger charge is 2.10. The summed E-state index contributed by atoms with van der Waals surface area (Å²) in [7, 11) is 0. The van der Waals surface area contributed by atoms with Crippen LogP contribution in [0.2, 0.25) is 5.02 Å². The molecule has 6 heteroatoms. The first-order valence-electron chi connectivity index (χ1n) is 6.19. The largest absolute Gasteiger partial charge is 0.506 e. The lowest BCUT2D eigenvalue weighted by molar-refractivity contribution is -0.0163. The topological polar surface area (TPSA) is 51.1 Å². The molecule has 1 aliphatic heterocycles. The monoisotopic (exact) mass is 367 g/mol. The number of halogens is 2. The first kappa shape index (κ1) is 14.4. The van der Waals surface area contributed by atoms with Crippen molar-refractivity contribution < 1.29 is 14.6 Å². The van der Waals surface area contributed by atoms with Gasteiger partial charge in [0.25, 0.3) is 0 Å². The molecule has 0 saturated carbocycles. The van der Waals surface area contributed by atoms with E-state index in [1.807, 2.05) is 18.2 Å². The van der Waals surface area contributed by atoms with Crippen molar-refractivity contribution in [1.29, 1.82) is 0 Å². The average Bonchev–Trinajstić information content (AvgIpc) is 2.49. The van der Waals surface area contributed by atoms with Crippen LogP contribution in [0.5, 0.6) is 11.5 Å². The van der Waals surface area contributed by atoms with E-state index in [1.165, 1.54) is 0 Å². The highest BCUT2D eigenvalue weighted by atomic mass is 79.9. The molecule has 0 fully saturated rings. The Balaban J connectivity index is 1.89. The third-order valence-corrected chi connectivity index (χ3v) is 3.83. The maximum Gasteiger partial charge on any atom is 0.189 e. The van der Waals surface area contributed by atoms with Gasteiger partial charge in [-0.05, 0) is 46.3 Å². The minimum Gasteiger partial charge on any atom is -0.506 e. The summed E-state index contributed by atoms with van der Waals surface area (Å²) in [4.78, 5) is 4.35. The Hall–Kier alpha value is -1.56. The molecular weight excluding hydrogens is 358 g/mol. The van der Waals surface area contributed by atoms with E-state index < -0.39 is 0 Å². The fraction of sp³-hybridized carbons (Fsp3) is 0.133. The minimum atomic E-state index is 0.104. The molecule has 0 amide bonds. The highest BCUT2D eigenvalue weighted by molar-refractivity contribution is 9.10. The standard InChI is InChI=1S/C15H11BrClNO3/c16-13-5-11(17)3-9(15(13)19)6-18-12-1-2-14-10(4-12)7-20-8-21-14/h1-6,19H,7-8H2. The smallest absolute Gasteiger partial charge is 0.189 e. The number of aliphatic imine (C=N–C) groups is 1. The molecule has 3 rings (SSSR count). The molecule has 0 radical (unpaired) electrons. The summed E-state index contributed by atoms with van der Waals surface area (Å²) in [5.41, 5.74) is 2.24. The van der Waals surface area contributed by atoms with Gasteiger partial charge in [0.15, 0.2) is 6.79 Å². The fourth-order valence-corrected chi connectivity index (χ4v) is 2.82. The molecule has 0 unspecified atom stereocenters. The number of aromatic hydroxyl groups is 1. The maximum atomic E-state index is 9.96. The first-order chi connectivity index (χ1) is 10.1. The van der Waals surface area contributed by atoms with Crippen LogP contribution in [-0.2, 0) is 11.3 Å². The van der Waals surface area contributed by atoms with E-state index in [9.17, 15) is 5.11 Å². The van der Waals surface area contributed by atoms with E-state index in [0.29, 0.717) is 21.7 Å². The van der Waals surface area contributed by atoms with Crippen molar-refractivity contribution in [2.45, 2.75) is 6.61 Å². The Bertz CT molecular complexity index is 718. The molecule has 1 N–H and O–H groups in total. The van der Waals surface area contributed by atoms with Crippen molar-refractivity contribution in [3.05, 3.63) is 51.0 Å². The zero-order valence-electron chi connectivity index (χ0n) is 10.8. The van der Waals surface area contributed by atoms with Crippen LogP contribution in [0.3, 0.4) is 0 Å². The second-order valence-electron chi connectivity index (χ2n) is 4.49. The summed E-state index contributed by atoms with van der Waals surface area (Å²) >= 11 is 9.21. The van der Waals surface area contributed by atoms with Crippen molar-refractivity contribution >= 4 is 39.4 Å². The Morgan fingerprint density at radius 3 is 3.00 bits per heavy atom. The molecule has 0 bridgehead atoms. The van der Waals surface area contributed by atoms with E-state index in [-0.39, 0.29) is 12.5 Å². The normalized spacial score (nSPS) is 14.0. The van der Waals surface area contributed by atoms with Gasteiger partial charge in [0.2, 0.25) is 0 Å². The molecule has 1 heterocycles. The first-order valence-corrected chi connectivity index (χ1v) is 7.36. The third kappa shape index (κ3) is 3.20. The second kappa shape index (κ2) is 6.05. The number of hydrogen-bond donors (Lipinski definition) is 1. The molecule has 0 spiro atoms. The van der Waals surface area contributed by atoms with Crippen molar-refractivity contribution in [2.75, 3.05) is 6.79 Å². The van der Waals surface area contributed by atoms with Crippen LogP contribution in [0, 0.1) is 0 Å². The van der Waals surface area contributed by atoms with Crippen molar-refractivity contribution in [3.63, 3.8) is 0 Å². The van der Waals surface area contributed by atoms with Gasteiger partial charge in [-0.2, -0.15) is 0 Å². The number of fused-ring (bicyclic) bond motifs is 1. The lowest BCUT2D eigenvalue weighted by atomic mass is 10.1. The van der Waals surface area contributed by atoms with Gasteiger partial charge in [-0.3, -0.25) is 4.99 Å². The molecule has 0 saturated heterocycles. The summed E-state index contributed by atoms with van der Waals surface area (Å²) in [6, 6.07) is 8.87. The number of hydrogen-bond acceptors (Lipinski definition) is 4. The lowest BCUT2D eigenvalue weighted by Gasteiger charge is -2.17. The summed E-state index contributed by atoms with van der Waals surface area (Å²) in [5.74, 6) is 0.918.